The molecule has 0 fully saturated rings. The van der Waals surface area contributed by atoms with E-state index in [4.69, 9.17) is 16.3 Å². The molecule has 7 heteroatoms. The van der Waals surface area contributed by atoms with Gasteiger partial charge in [-0.15, -0.1) is 0 Å². The highest BCUT2D eigenvalue weighted by molar-refractivity contribution is 6.32. The van der Waals surface area contributed by atoms with Crippen molar-refractivity contribution < 1.29 is 9.53 Å². The number of ether oxygens (including phenoxy) is 1. The molecule has 0 bridgehead atoms. The molecule has 0 aliphatic carbocycles. The van der Waals surface area contributed by atoms with Crippen LogP contribution in [0, 0.1) is 0 Å². The van der Waals surface area contributed by atoms with Crippen molar-refractivity contribution in [2.24, 2.45) is 0 Å². The number of amides is 1. The quantitative estimate of drug-likeness (QED) is 0.773. The number of rotatable bonds is 5. The van der Waals surface area contributed by atoms with Gasteiger partial charge < -0.3 is 10.1 Å². The smallest absolute Gasteiger partial charge is 0.250 e. The molecule has 1 aromatic carbocycles. The minimum absolute atomic E-state index is 0.00995. The Bertz CT molecular complexity index is 849. The second-order valence-corrected chi connectivity index (χ2v) is 5.42. The molecule has 3 aromatic rings. The lowest BCUT2D eigenvalue weighted by atomic mass is 10.2. The normalized spacial score (nSPS) is 10.6. The number of imidazole rings is 1. The first-order valence-corrected chi connectivity index (χ1v) is 7.59. The van der Waals surface area contributed by atoms with Crippen molar-refractivity contribution in [2.45, 2.75) is 0 Å². The van der Waals surface area contributed by atoms with E-state index in [1.807, 2.05) is 22.9 Å². The lowest BCUT2D eigenvalue weighted by molar-refractivity contribution is -0.119. The molecule has 1 N–H and O–H groups in total. The third kappa shape index (κ3) is 3.45. The number of hydrogen-bond donors (Lipinski definition) is 1. The van der Waals surface area contributed by atoms with Crippen LogP contribution in [0.5, 0.6) is 0 Å². The standard InChI is InChI=1S/C17H15ClN4O2/c1-24-11-16(23)21-13-4-5-14(18)15(9-13)22-8-7-20-17(22)12-3-2-6-19-10-12/h2-10H,11H2,1H3,(H,21,23). The van der Waals surface area contributed by atoms with Crippen molar-refractivity contribution in [1.82, 2.24) is 14.5 Å². The van der Waals surface area contributed by atoms with Gasteiger partial charge in [0, 0.05) is 43.1 Å². The Kier molecular flexibility index (Phi) is 4.88. The molecular weight excluding hydrogens is 328 g/mol. The molecule has 0 spiro atoms. The van der Waals surface area contributed by atoms with Gasteiger partial charge in [0.2, 0.25) is 5.91 Å². The molecule has 3 rings (SSSR count). The van der Waals surface area contributed by atoms with E-state index in [9.17, 15) is 4.79 Å². The molecular formula is C17H15ClN4O2. The molecule has 2 heterocycles. The molecule has 2 aromatic heterocycles. The van der Waals surface area contributed by atoms with E-state index < -0.39 is 0 Å². The fraction of sp³-hybridized carbons (Fsp3) is 0.118. The average Bonchev–Trinajstić information content (AvgIpc) is 3.07. The van der Waals surface area contributed by atoms with Crippen molar-refractivity contribution in [3.8, 4) is 17.1 Å². The van der Waals surface area contributed by atoms with Crippen molar-refractivity contribution in [3.05, 3.63) is 60.1 Å². The van der Waals surface area contributed by atoms with Crippen LogP contribution in [-0.4, -0.2) is 34.2 Å². The summed E-state index contributed by atoms with van der Waals surface area (Å²) in [6, 6.07) is 9.02. The summed E-state index contributed by atoms with van der Waals surface area (Å²) in [5.74, 6) is 0.481. The minimum atomic E-state index is -0.233. The Hall–Kier alpha value is -2.70. The maximum atomic E-state index is 11.7. The fourth-order valence-corrected chi connectivity index (χ4v) is 2.52. The molecule has 0 aliphatic heterocycles. The molecule has 0 atom stereocenters. The predicted octanol–water partition coefficient (Wildman–Crippen LogP) is 3.17. The maximum Gasteiger partial charge on any atom is 0.250 e. The summed E-state index contributed by atoms with van der Waals surface area (Å²) in [6.07, 6.45) is 6.94. The van der Waals surface area contributed by atoms with Crippen molar-refractivity contribution in [3.63, 3.8) is 0 Å². The van der Waals surface area contributed by atoms with Crippen molar-refractivity contribution in [2.75, 3.05) is 19.0 Å². The Balaban J connectivity index is 1.98. The molecule has 24 heavy (non-hydrogen) atoms. The van der Waals surface area contributed by atoms with E-state index in [0.29, 0.717) is 22.2 Å². The summed E-state index contributed by atoms with van der Waals surface area (Å²) in [6.45, 7) is -0.00995. The summed E-state index contributed by atoms with van der Waals surface area (Å²) in [5.41, 5.74) is 2.21. The summed E-state index contributed by atoms with van der Waals surface area (Å²) < 4.78 is 6.67. The number of halogens is 1. The van der Waals surface area contributed by atoms with Gasteiger partial charge in [-0.25, -0.2) is 4.98 Å². The molecule has 6 nitrogen and oxygen atoms in total. The van der Waals surface area contributed by atoms with Crippen LogP contribution in [-0.2, 0) is 9.53 Å². The van der Waals surface area contributed by atoms with Gasteiger partial charge >= 0.3 is 0 Å². The molecule has 0 saturated carbocycles. The van der Waals surface area contributed by atoms with E-state index in [2.05, 4.69) is 15.3 Å². The topological polar surface area (TPSA) is 69.0 Å². The molecule has 0 unspecified atom stereocenters. The Morgan fingerprint density at radius 2 is 2.21 bits per heavy atom. The summed E-state index contributed by atoms with van der Waals surface area (Å²) in [7, 11) is 1.47. The predicted molar refractivity (Wildman–Crippen MR) is 92.3 cm³/mol. The number of carbonyl (C=O) groups excluding carboxylic acids is 1. The van der Waals surface area contributed by atoms with E-state index in [-0.39, 0.29) is 12.5 Å². The third-order valence-electron chi connectivity index (χ3n) is 3.33. The number of anilines is 1. The van der Waals surface area contributed by atoms with Crippen LogP contribution in [0.1, 0.15) is 0 Å². The molecule has 0 aliphatic rings. The zero-order valence-corrected chi connectivity index (χ0v) is 13.7. The number of methoxy groups -OCH3 is 1. The van der Waals surface area contributed by atoms with Gasteiger partial charge in [-0.2, -0.15) is 0 Å². The zero-order valence-electron chi connectivity index (χ0n) is 12.9. The van der Waals surface area contributed by atoms with Gasteiger partial charge in [0.05, 0.1) is 10.7 Å². The largest absolute Gasteiger partial charge is 0.375 e. The van der Waals surface area contributed by atoms with Gasteiger partial charge in [0.15, 0.2) is 0 Å². The van der Waals surface area contributed by atoms with Crippen molar-refractivity contribution in [1.29, 1.82) is 0 Å². The first kappa shape index (κ1) is 16.2. The average molecular weight is 343 g/mol. The fourth-order valence-electron chi connectivity index (χ4n) is 2.31. The molecule has 0 radical (unpaired) electrons. The first-order valence-electron chi connectivity index (χ1n) is 7.21. The Morgan fingerprint density at radius 3 is 2.96 bits per heavy atom. The highest BCUT2D eigenvalue weighted by Crippen LogP contribution is 2.28. The zero-order chi connectivity index (χ0) is 16.9. The van der Waals surface area contributed by atoms with Crippen LogP contribution in [0.2, 0.25) is 5.02 Å². The Labute approximate surface area is 144 Å². The number of benzene rings is 1. The van der Waals surface area contributed by atoms with Gasteiger partial charge in [-0.3, -0.25) is 14.3 Å². The highest BCUT2D eigenvalue weighted by atomic mass is 35.5. The van der Waals surface area contributed by atoms with Gasteiger partial charge in [0.1, 0.15) is 12.4 Å². The molecule has 0 saturated heterocycles. The third-order valence-corrected chi connectivity index (χ3v) is 3.64. The first-order chi connectivity index (χ1) is 11.7. The summed E-state index contributed by atoms with van der Waals surface area (Å²) in [4.78, 5) is 20.2. The number of aromatic nitrogens is 3. The second kappa shape index (κ2) is 7.25. The Morgan fingerprint density at radius 1 is 1.33 bits per heavy atom. The van der Waals surface area contributed by atoms with Crippen LogP contribution < -0.4 is 5.32 Å². The molecule has 1 amide bonds. The number of pyridine rings is 1. The SMILES string of the molecule is COCC(=O)Nc1ccc(Cl)c(-n2ccnc2-c2cccnc2)c1. The number of nitrogens with zero attached hydrogens (tertiary/aromatic N) is 3. The van der Waals surface area contributed by atoms with Crippen LogP contribution >= 0.6 is 11.6 Å². The monoisotopic (exact) mass is 342 g/mol. The van der Waals surface area contributed by atoms with E-state index in [1.54, 1.807) is 36.8 Å². The minimum Gasteiger partial charge on any atom is -0.375 e. The van der Waals surface area contributed by atoms with Gasteiger partial charge in [0.25, 0.3) is 0 Å². The van der Waals surface area contributed by atoms with Gasteiger partial charge in [-0.1, -0.05) is 11.6 Å². The number of hydrogen-bond acceptors (Lipinski definition) is 4. The van der Waals surface area contributed by atoms with Crippen LogP contribution in [0.3, 0.4) is 0 Å². The van der Waals surface area contributed by atoms with E-state index >= 15 is 0 Å². The summed E-state index contributed by atoms with van der Waals surface area (Å²) in [5, 5.41) is 3.31. The van der Waals surface area contributed by atoms with E-state index in [1.165, 1.54) is 7.11 Å². The second-order valence-electron chi connectivity index (χ2n) is 5.01. The van der Waals surface area contributed by atoms with Crippen molar-refractivity contribution >= 4 is 23.2 Å². The van der Waals surface area contributed by atoms with E-state index in [0.717, 1.165) is 5.56 Å². The summed E-state index contributed by atoms with van der Waals surface area (Å²) >= 11 is 6.34. The number of nitrogens with one attached hydrogen (secondary N) is 1. The number of carbonyl (C=O) groups is 1. The van der Waals surface area contributed by atoms with Crippen LogP contribution in [0.4, 0.5) is 5.69 Å². The lowest BCUT2D eigenvalue weighted by Crippen LogP contribution is -2.17. The molecule has 122 valence electrons. The lowest BCUT2D eigenvalue weighted by Gasteiger charge is -2.12. The van der Waals surface area contributed by atoms with Crippen LogP contribution in [0.25, 0.3) is 17.1 Å². The van der Waals surface area contributed by atoms with Gasteiger partial charge in [-0.05, 0) is 30.3 Å². The maximum absolute atomic E-state index is 11.7. The highest BCUT2D eigenvalue weighted by Gasteiger charge is 2.12. The van der Waals surface area contributed by atoms with Crippen LogP contribution in [0.15, 0.2) is 55.1 Å².